The summed E-state index contributed by atoms with van der Waals surface area (Å²) in [5.41, 5.74) is 6.84. The summed E-state index contributed by atoms with van der Waals surface area (Å²) in [6.07, 6.45) is 7.19. The van der Waals surface area contributed by atoms with Gasteiger partial charge in [-0.2, -0.15) is 0 Å². The Labute approximate surface area is 285 Å². The topological polar surface area (TPSA) is 0 Å². The molecule has 0 N–H and O–H groups in total. The van der Waals surface area contributed by atoms with Gasteiger partial charge in [0.1, 0.15) is 0 Å². The molecule has 1 aliphatic rings. The zero-order valence-corrected chi connectivity index (χ0v) is 33.9. The molecule has 1 fully saturated rings. The first-order valence-corrected chi connectivity index (χ1v) is 18.6. The molecule has 0 unspecified atom stereocenters. The van der Waals surface area contributed by atoms with Gasteiger partial charge >= 0.3 is 0 Å². The fourth-order valence-electron chi connectivity index (χ4n) is 7.89. The second-order valence-corrected chi connectivity index (χ2v) is 21.0. The maximum absolute atomic E-state index is 2.43. The van der Waals surface area contributed by atoms with E-state index in [9.17, 15) is 0 Å². The van der Waals surface area contributed by atoms with E-state index in [1.165, 1.54) is 63.8 Å². The maximum Gasteiger partial charge on any atom is 0.0348 e. The largest absolute Gasteiger partial charge is 0.139 e. The Morgan fingerprint density at radius 1 is 0.467 bits per heavy atom. The summed E-state index contributed by atoms with van der Waals surface area (Å²) in [6.45, 7) is 42.1. The summed E-state index contributed by atoms with van der Waals surface area (Å²) >= 11 is 1.96. The SMILES string of the molecule is CC(C)(C)C1(C(C)(C)C)CCCCC1.CC(C)(C)c1ccccc1C(C)(C)C.CC(C)(C)c1sc2ccccc2c1C(C)(C)C. The van der Waals surface area contributed by atoms with E-state index in [2.05, 4.69) is 173 Å². The molecule has 1 aliphatic carbocycles. The fraction of sp³-hybridized carbons (Fsp3) is 0.682. The summed E-state index contributed by atoms with van der Waals surface area (Å²) in [5.74, 6) is 0. The minimum absolute atomic E-state index is 0.211. The minimum Gasteiger partial charge on any atom is -0.139 e. The van der Waals surface area contributed by atoms with E-state index >= 15 is 0 Å². The highest BCUT2D eigenvalue weighted by Crippen LogP contribution is 2.59. The van der Waals surface area contributed by atoms with Gasteiger partial charge in [-0.15, -0.1) is 11.3 Å². The minimum atomic E-state index is 0.211. The smallest absolute Gasteiger partial charge is 0.0348 e. The van der Waals surface area contributed by atoms with Gasteiger partial charge in [0.25, 0.3) is 0 Å². The lowest BCUT2D eigenvalue weighted by Crippen LogP contribution is -2.47. The molecule has 1 heteroatoms. The Hall–Kier alpha value is -1.60. The zero-order valence-electron chi connectivity index (χ0n) is 33.1. The Morgan fingerprint density at radius 2 is 0.867 bits per heavy atom. The molecule has 0 aliphatic heterocycles. The molecule has 0 saturated heterocycles. The summed E-state index contributed by atoms with van der Waals surface area (Å²) < 4.78 is 1.42. The molecule has 0 spiro atoms. The predicted molar refractivity (Wildman–Crippen MR) is 207 cm³/mol. The highest BCUT2D eigenvalue weighted by molar-refractivity contribution is 7.19. The van der Waals surface area contributed by atoms with Gasteiger partial charge in [0.05, 0.1) is 0 Å². The van der Waals surface area contributed by atoms with Crippen molar-refractivity contribution in [1.82, 2.24) is 0 Å². The van der Waals surface area contributed by atoms with Crippen LogP contribution in [0.15, 0.2) is 48.5 Å². The molecule has 0 atom stereocenters. The van der Waals surface area contributed by atoms with Crippen molar-refractivity contribution in [3.63, 3.8) is 0 Å². The molecule has 254 valence electrons. The van der Waals surface area contributed by atoms with Crippen LogP contribution in [-0.2, 0) is 21.7 Å². The number of fused-ring (bicyclic) bond motifs is 1. The van der Waals surface area contributed by atoms with Crippen LogP contribution in [0, 0.1) is 16.2 Å². The molecule has 0 nitrogen and oxygen atoms in total. The number of hydrogen-bond acceptors (Lipinski definition) is 1. The molecular weight excluding hydrogens is 561 g/mol. The van der Waals surface area contributed by atoms with Gasteiger partial charge in [0.2, 0.25) is 0 Å². The zero-order chi connectivity index (χ0) is 34.9. The summed E-state index contributed by atoms with van der Waals surface area (Å²) in [6, 6.07) is 17.6. The Morgan fingerprint density at radius 3 is 1.20 bits per heavy atom. The van der Waals surface area contributed by atoms with E-state index < -0.39 is 0 Å². The summed E-state index contributed by atoms with van der Waals surface area (Å²) in [7, 11) is 0. The Bertz CT molecular complexity index is 1300. The lowest BCUT2D eigenvalue weighted by atomic mass is 9.49. The van der Waals surface area contributed by atoms with Crippen LogP contribution >= 0.6 is 11.3 Å². The van der Waals surface area contributed by atoms with Crippen LogP contribution < -0.4 is 0 Å². The number of benzene rings is 2. The molecular formula is C44H72S. The summed E-state index contributed by atoms with van der Waals surface area (Å²) in [5, 5.41) is 1.44. The monoisotopic (exact) mass is 633 g/mol. The van der Waals surface area contributed by atoms with Crippen LogP contribution in [0.2, 0.25) is 0 Å². The van der Waals surface area contributed by atoms with Crippen molar-refractivity contribution in [3.05, 3.63) is 70.1 Å². The van der Waals surface area contributed by atoms with Gasteiger partial charge in [0, 0.05) is 9.58 Å². The standard InChI is InChI=1S/C16H22S.C14H22.C14H28/c1-15(2,3)13-11-9-7-8-10-12(11)17-14(13)16(4,5)6;1-13(2,3)11-9-7-8-10-12(11)14(4,5)6;1-12(2,3)14(13(4,5)6)10-8-7-9-11-14/h7-10H,1-6H3;7-10H,1-6H3;7-11H2,1-6H3. The van der Waals surface area contributed by atoms with Crippen molar-refractivity contribution in [3.8, 4) is 0 Å². The van der Waals surface area contributed by atoms with Crippen molar-refractivity contribution < 1.29 is 0 Å². The number of thiophene rings is 1. The number of hydrogen-bond donors (Lipinski definition) is 0. The van der Waals surface area contributed by atoms with Gasteiger partial charge in [-0.05, 0) is 78.9 Å². The van der Waals surface area contributed by atoms with Gasteiger partial charge in [-0.3, -0.25) is 0 Å². The lowest BCUT2D eigenvalue weighted by Gasteiger charge is -2.56. The van der Waals surface area contributed by atoms with E-state index in [1.54, 1.807) is 0 Å². The molecule has 0 radical (unpaired) electrons. The third-order valence-electron chi connectivity index (χ3n) is 10.1. The average molecular weight is 633 g/mol. The first-order chi connectivity index (χ1) is 20.1. The lowest BCUT2D eigenvalue weighted by molar-refractivity contribution is -0.0638. The van der Waals surface area contributed by atoms with Crippen molar-refractivity contribution >= 4 is 21.4 Å². The van der Waals surface area contributed by atoms with Crippen molar-refractivity contribution in [2.45, 2.75) is 178 Å². The average Bonchev–Trinajstić information content (AvgIpc) is 3.29. The molecule has 0 bridgehead atoms. The number of rotatable bonds is 0. The van der Waals surface area contributed by atoms with E-state index in [-0.39, 0.29) is 21.7 Å². The van der Waals surface area contributed by atoms with E-state index in [1.807, 2.05) is 11.3 Å². The third-order valence-corrected chi connectivity index (χ3v) is 11.7. The molecule has 1 saturated carbocycles. The molecule has 1 aromatic heterocycles. The van der Waals surface area contributed by atoms with E-state index in [4.69, 9.17) is 0 Å². The van der Waals surface area contributed by atoms with Crippen LogP contribution in [0.1, 0.15) is 178 Å². The molecule has 2 aromatic carbocycles. The van der Waals surface area contributed by atoms with Gasteiger partial charge in [0.15, 0.2) is 0 Å². The Kier molecular flexibility index (Phi) is 12.2. The van der Waals surface area contributed by atoms with E-state index in [0.717, 1.165) is 0 Å². The third kappa shape index (κ3) is 9.72. The highest BCUT2D eigenvalue weighted by Gasteiger charge is 2.50. The molecule has 3 aromatic rings. The second-order valence-electron chi connectivity index (χ2n) is 20.0. The molecule has 45 heavy (non-hydrogen) atoms. The highest BCUT2D eigenvalue weighted by atomic mass is 32.1. The second kappa shape index (κ2) is 13.9. The maximum atomic E-state index is 2.43. The van der Waals surface area contributed by atoms with Crippen molar-refractivity contribution in [2.24, 2.45) is 16.2 Å². The first kappa shape index (κ1) is 39.6. The van der Waals surface area contributed by atoms with Crippen molar-refractivity contribution in [2.75, 3.05) is 0 Å². The van der Waals surface area contributed by atoms with Crippen LogP contribution in [0.3, 0.4) is 0 Å². The quantitative estimate of drug-likeness (QED) is 0.231. The molecule has 0 amide bonds. The van der Waals surface area contributed by atoms with Crippen LogP contribution in [-0.4, -0.2) is 0 Å². The molecule has 4 rings (SSSR count). The van der Waals surface area contributed by atoms with Crippen LogP contribution in [0.25, 0.3) is 10.1 Å². The predicted octanol–water partition coefficient (Wildman–Crippen LogP) is 14.8. The van der Waals surface area contributed by atoms with Crippen molar-refractivity contribution in [1.29, 1.82) is 0 Å². The van der Waals surface area contributed by atoms with E-state index in [0.29, 0.717) is 16.2 Å². The fourth-order valence-corrected chi connectivity index (χ4v) is 9.36. The van der Waals surface area contributed by atoms with Crippen LogP contribution in [0.4, 0.5) is 0 Å². The molecule has 1 heterocycles. The van der Waals surface area contributed by atoms with Crippen LogP contribution in [0.5, 0.6) is 0 Å². The van der Waals surface area contributed by atoms with Gasteiger partial charge in [-0.1, -0.05) is 186 Å². The first-order valence-electron chi connectivity index (χ1n) is 17.8. The Balaban J connectivity index is 0.000000237. The summed E-state index contributed by atoms with van der Waals surface area (Å²) in [4.78, 5) is 1.53. The normalized spacial score (nSPS) is 16.4. The van der Waals surface area contributed by atoms with Gasteiger partial charge in [-0.25, -0.2) is 0 Å². The van der Waals surface area contributed by atoms with Gasteiger partial charge < -0.3 is 0 Å².